The van der Waals surface area contributed by atoms with Gasteiger partial charge >= 0.3 is 0 Å². The van der Waals surface area contributed by atoms with Crippen LogP contribution in [0.25, 0.3) is 11.3 Å². The summed E-state index contributed by atoms with van der Waals surface area (Å²) in [6.07, 6.45) is 4.24. The molecule has 1 aromatic heterocycles. The van der Waals surface area contributed by atoms with E-state index in [1.807, 2.05) is 50.2 Å². The summed E-state index contributed by atoms with van der Waals surface area (Å²) in [5.74, 6) is 0. The van der Waals surface area contributed by atoms with Gasteiger partial charge in [0, 0.05) is 24.2 Å². The number of aromatic nitrogens is 2. The van der Waals surface area contributed by atoms with Crippen LogP contribution in [0, 0.1) is 6.92 Å². The van der Waals surface area contributed by atoms with E-state index < -0.39 is 10.0 Å². The lowest BCUT2D eigenvalue weighted by atomic mass is 9.89. The Bertz CT molecular complexity index is 1390. The average Bonchev–Trinajstić information content (AvgIpc) is 3.13. The van der Waals surface area contributed by atoms with Gasteiger partial charge in [0.2, 0.25) is 0 Å². The lowest BCUT2D eigenvalue weighted by Gasteiger charge is -2.26. The molecule has 0 radical (unpaired) electrons. The van der Waals surface area contributed by atoms with E-state index in [0.29, 0.717) is 22.6 Å². The summed E-state index contributed by atoms with van der Waals surface area (Å²) in [6.45, 7) is 3.77. The standard InChI is InChI=1S/C25H27N3O3S/c1-16-12-13-19(24-20-9-5-6-10-21(20)25(29)27(3)26-24)15-23(16)32(30,31)28-17(2)14-18-8-4-7-11-22(18)28/h4,7-8,11-13,15,17H,5-6,9-10,14H2,1-3H3. The Morgan fingerprint density at radius 3 is 2.53 bits per heavy atom. The highest BCUT2D eigenvalue weighted by molar-refractivity contribution is 7.93. The molecule has 1 aliphatic carbocycles. The first-order valence-corrected chi connectivity index (χ1v) is 12.6. The van der Waals surface area contributed by atoms with Crippen LogP contribution in [0.2, 0.25) is 0 Å². The van der Waals surface area contributed by atoms with Crippen molar-refractivity contribution in [2.24, 2.45) is 7.05 Å². The van der Waals surface area contributed by atoms with Crippen LogP contribution in [0.1, 0.15) is 42.0 Å². The van der Waals surface area contributed by atoms with Crippen LogP contribution in [-0.4, -0.2) is 24.2 Å². The van der Waals surface area contributed by atoms with Crippen molar-refractivity contribution in [3.63, 3.8) is 0 Å². The van der Waals surface area contributed by atoms with Gasteiger partial charge in [0.25, 0.3) is 15.6 Å². The van der Waals surface area contributed by atoms with Crippen LogP contribution in [0.4, 0.5) is 5.69 Å². The van der Waals surface area contributed by atoms with Gasteiger partial charge in [-0.2, -0.15) is 5.10 Å². The van der Waals surface area contributed by atoms with Gasteiger partial charge in [-0.3, -0.25) is 9.10 Å². The predicted octanol–water partition coefficient (Wildman–Crippen LogP) is 3.77. The third-order valence-electron chi connectivity index (χ3n) is 6.70. The minimum Gasteiger partial charge on any atom is -0.268 e. The van der Waals surface area contributed by atoms with Gasteiger partial charge in [0.15, 0.2) is 0 Å². The van der Waals surface area contributed by atoms with Crippen molar-refractivity contribution in [1.29, 1.82) is 0 Å². The van der Waals surface area contributed by atoms with E-state index in [4.69, 9.17) is 0 Å². The fourth-order valence-electron chi connectivity index (χ4n) is 5.12. The molecule has 6 nitrogen and oxygen atoms in total. The maximum Gasteiger partial charge on any atom is 0.269 e. The average molecular weight is 450 g/mol. The predicted molar refractivity (Wildman–Crippen MR) is 126 cm³/mol. The molecule has 2 heterocycles. The molecule has 2 aromatic carbocycles. The van der Waals surface area contributed by atoms with E-state index in [0.717, 1.165) is 53.6 Å². The molecule has 7 heteroatoms. The molecule has 0 bridgehead atoms. The second kappa shape index (κ2) is 7.59. The van der Waals surface area contributed by atoms with Crippen molar-refractivity contribution < 1.29 is 8.42 Å². The second-order valence-corrected chi connectivity index (χ2v) is 10.7. The van der Waals surface area contributed by atoms with Gasteiger partial charge in [-0.1, -0.05) is 30.3 Å². The van der Waals surface area contributed by atoms with E-state index in [2.05, 4.69) is 5.10 Å². The number of rotatable bonds is 3. The Balaban J connectivity index is 1.67. The summed E-state index contributed by atoms with van der Waals surface area (Å²) in [5, 5.41) is 4.55. The number of benzene rings is 2. The normalized spacial score (nSPS) is 17.8. The Morgan fingerprint density at radius 1 is 1.03 bits per heavy atom. The lowest BCUT2D eigenvalue weighted by Crippen LogP contribution is -2.36. The second-order valence-electron chi connectivity index (χ2n) is 8.90. The zero-order valence-electron chi connectivity index (χ0n) is 18.6. The van der Waals surface area contributed by atoms with Crippen molar-refractivity contribution >= 4 is 15.7 Å². The van der Waals surface area contributed by atoms with Gasteiger partial charge in [-0.05, 0) is 74.8 Å². The first-order valence-electron chi connectivity index (χ1n) is 11.1. The Morgan fingerprint density at radius 2 is 1.75 bits per heavy atom. The van der Waals surface area contributed by atoms with Crippen molar-refractivity contribution in [2.75, 3.05) is 4.31 Å². The highest BCUT2D eigenvalue weighted by atomic mass is 32.2. The minimum absolute atomic E-state index is 0.0501. The minimum atomic E-state index is -3.77. The summed E-state index contributed by atoms with van der Waals surface area (Å²) in [4.78, 5) is 12.9. The van der Waals surface area contributed by atoms with Crippen LogP contribution in [0.5, 0.6) is 0 Å². The number of nitrogens with zero attached hydrogens (tertiary/aromatic N) is 3. The van der Waals surface area contributed by atoms with Crippen LogP contribution >= 0.6 is 0 Å². The van der Waals surface area contributed by atoms with Crippen LogP contribution in [0.15, 0.2) is 52.2 Å². The third-order valence-corrected chi connectivity index (χ3v) is 8.77. The third kappa shape index (κ3) is 3.18. The van der Waals surface area contributed by atoms with Crippen molar-refractivity contribution in [3.8, 4) is 11.3 Å². The van der Waals surface area contributed by atoms with Gasteiger partial charge in [0.05, 0.1) is 16.3 Å². The molecule has 0 amide bonds. The number of anilines is 1. The van der Waals surface area contributed by atoms with Gasteiger partial charge in [0.1, 0.15) is 0 Å². The highest BCUT2D eigenvalue weighted by Crippen LogP contribution is 2.38. The molecule has 0 N–H and O–H groups in total. The largest absolute Gasteiger partial charge is 0.269 e. The van der Waals surface area contributed by atoms with Crippen molar-refractivity contribution in [1.82, 2.24) is 9.78 Å². The summed E-state index contributed by atoms with van der Waals surface area (Å²) in [6, 6.07) is 13.0. The summed E-state index contributed by atoms with van der Waals surface area (Å²) >= 11 is 0. The summed E-state index contributed by atoms with van der Waals surface area (Å²) in [7, 11) is -2.10. The highest BCUT2D eigenvalue weighted by Gasteiger charge is 2.37. The Hall–Kier alpha value is -2.93. The molecular weight excluding hydrogens is 422 g/mol. The molecule has 2 aliphatic rings. The molecule has 1 unspecified atom stereocenters. The number of para-hydroxylation sites is 1. The Labute approximate surface area is 188 Å². The number of fused-ring (bicyclic) bond motifs is 2. The van der Waals surface area contributed by atoms with Crippen LogP contribution < -0.4 is 9.86 Å². The molecule has 0 saturated heterocycles. The maximum absolute atomic E-state index is 13.9. The van der Waals surface area contributed by atoms with E-state index in [1.54, 1.807) is 17.4 Å². The number of aryl methyl sites for hydroxylation is 2. The fraction of sp³-hybridized carbons (Fsp3) is 0.360. The Kier molecular flexibility index (Phi) is 4.97. The van der Waals surface area contributed by atoms with Crippen molar-refractivity contribution in [3.05, 3.63) is 75.1 Å². The fourth-order valence-corrected chi connectivity index (χ4v) is 7.07. The maximum atomic E-state index is 13.9. The molecule has 1 atom stereocenters. The molecule has 32 heavy (non-hydrogen) atoms. The van der Waals surface area contributed by atoms with E-state index in [-0.39, 0.29) is 11.6 Å². The monoisotopic (exact) mass is 449 g/mol. The molecule has 3 aromatic rings. The topological polar surface area (TPSA) is 72.3 Å². The summed E-state index contributed by atoms with van der Waals surface area (Å²) < 4.78 is 30.7. The lowest BCUT2D eigenvalue weighted by molar-refractivity contribution is 0.583. The first-order chi connectivity index (χ1) is 15.3. The molecular formula is C25H27N3O3S. The van der Waals surface area contributed by atoms with Crippen molar-refractivity contribution in [2.45, 2.75) is 56.9 Å². The van der Waals surface area contributed by atoms with Crippen LogP contribution in [-0.2, 0) is 36.3 Å². The summed E-state index contributed by atoms with van der Waals surface area (Å²) in [5.41, 5.74) is 5.68. The number of sulfonamides is 1. The quantitative estimate of drug-likeness (QED) is 0.610. The van der Waals surface area contributed by atoms with E-state index in [1.165, 1.54) is 4.68 Å². The zero-order valence-corrected chi connectivity index (χ0v) is 19.4. The SMILES string of the molecule is Cc1ccc(-c2nn(C)c(=O)c3c2CCCC3)cc1S(=O)(=O)N1c2ccccc2CC1C. The van der Waals surface area contributed by atoms with Gasteiger partial charge in [-0.15, -0.1) is 0 Å². The number of hydrogen-bond acceptors (Lipinski definition) is 4. The zero-order chi connectivity index (χ0) is 22.6. The van der Waals surface area contributed by atoms with E-state index in [9.17, 15) is 13.2 Å². The molecule has 0 saturated carbocycles. The molecule has 5 rings (SSSR count). The van der Waals surface area contributed by atoms with Crippen LogP contribution in [0.3, 0.4) is 0 Å². The first kappa shape index (κ1) is 20.9. The molecule has 166 valence electrons. The smallest absolute Gasteiger partial charge is 0.268 e. The molecule has 1 aliphatic heterocycles. The molecule has 0 spiro atoms. The molecule has 0 fully saturated rings. The number of hydrogen-bond donors (Lipinski definition) is 0. The van der Waals surface area contributed by atoms with Gasteiger partial charge < -0.3 is 0 Å². The van der Waals surface area contributed by atoms with Gasteiger partial charge in [-0.25, -0.2) is 13.1 Å². The van der Waals surface area contributed by atoms with E-state index >= 15 is 0 Å².